The van der Waals surface area contributed by atoms with Gasteiger partial charge in [-0.2, -0.15) is 0 Å². The van der Waals surface area contributed by atoms with E-state index >= 15 is 4.39 Å². The zero-order valence-corrected chi connectivity index (χ0v) is 40.8. The van der Waals surface area contributed by atoms with Crippen LogP contribution in [-0.4, -0.2) is 73.7 Å². The summed E-state index contributed by atoms with van der Waals surface area (Å²) in [7, 11) is 3.32. The quantitative estimate of drug-likeness (QED) is 0.0303. The lowest BCUT2D eigenvalue weighted by Gasteiger charge is -2.31. The first-order valence-corrected chi connectivity index (χ1v) is 24.4. The number of halogens is 1. The molecule has 2 aliphatic heterocycles. The number of aliphatic hydroxyl groups is 1. The number of unbranched alkanes of at least 4 members (excludes halogenated alkanes) is 6. The van der Waals surface area contributed by atoms with Gasteiger partial charge in [-0.3, -0.25) is 29.3 Å². The number of carbonyl (C=O) groups excluding carboxylic acids is 4. The summed E-state index contributed by atoms with van der Waals surface area (Å²) in [5.41, 5.74) is 3.14. The Bertz CT molecular complexity index is 3090. The Labute approximate surface area is 410 Å². The van der Waals surface area contributed by atoms with Gasteiger partial charge in [0.25, 0.3) is 11.8 Å². The topological polar surface area (TPSA) is 203 Å². The lowest BCUT2D eigenvalue weighted by molar-refractivity contribution is -0.136. The Hall–Kier alpha value is -7.40. The van der Waals surface area contributed by atoms with Gasteiger partial charge in [0.05, 0.1) is 30.1 Å². The Kier molecular flexibility index (Phi) is 15.3. The predicted octanol–water partition coefficient (Wildman–Crippen LogP) is 9.02. The molecule has 16 nitrogen and oxygen atoms in total. The molecule has 8 rings (SSSR count). The molecule has 372 valence electrons. The summed E-state index contributed by atoms with van der Waals surface area (Å²) in [5.74, 6) is -1.58. The number of ether oxygens (including phenoxy) is 3. The van der Waals surface area contributed by atoms with Crippen LogP contribution >= 0.6 is 0 Å². The van der Waals surface area contributed by atoms with Gasteiger partial charge in [-0.15, -0.1) is 0 Å². The molecule has 17 heteroatoms. The molecule has 4 heterocycles. The van der Waals surface area contributed by atoms with Crippen molar-refractivity contribution in [2.45, 2.75) is 116 Å². The van der Waals surface area contributed by atoms with E-state index in [1.807, 2.05) is 32.0 Å². The molecule has 6 aromatic rings. The SMILES string of the molecule is CCc1ccc2c(c1)c(=O)c(C(=O)Nc1ccc(Oc3ncnc4cc(OCCCCCCCCCC(O)(CC)Nc5cccc6c5CN(C5CCC(=O)NC5=O)C6=O)c(OC)cc34)c(F)c1)c(C)n2C. The first kappa shape index (κ1) is 50.0. The Morgan fingerprint density at radius 3 is 2.42 bits per heavy atom. The Morgan fingerprint density at radius 1 is 0.915 bits per heavy atom. The molecule has 2 aromatic heterocycles. The van der Waals surface area contributed by atoms with Crippen molar-refractivity contribution in [3.8, 4) is 23.1 Å². The lowest BCUT2D eigenvalue weighted by atomic mass is 9.99. The number of carbonyl (C=O) groups is 4. The summed E-state index contributed by atoms with van der Waals surface area (Å²) < 4.78 is 35.1. The van der Waals surface area contributed by atoms with Crippen molar-refractivity contribution in [1.82, 2.24) is 24.8 Å². The van der Waals surface area contributed by atoms with Crippen molar-refractivity contribution in [1.29, 1.82) is 0 Å². The van der Waals surface area contributed by atoms with Crippen molar-refractivity contribution in [3.05, 3.63) is 117 Å². The number of aromatic nitrogens is 3. The number of hydrogen-bond donors (Lipinski definition) is 4. The number of fused-ring (bicyclic) bond motifs is 3. The number of pyridine rings is 1. The standard InChI is InChI=1S/C54H60FN7O9/c1-6-33-18-20-42-37(26-33)49(64)48(32(3)61(42)4)51(66)58-34-19-22-44(39(55)27-34)71-52-36-28-45(69-5)46(29-41(36)56-31-57-52)70-25-14-12-10-8-9-11-13-24-54(68,7-2)60-40-17-15-16-35-38(40)30-62(53(35)67)43-21-23-47(63)59-50(43)65/h15-20,22,26-29,31,43,60,68H,6-14,21,23-25,30H2,1-5H3,(H,58,66)(H,59,63,65). The molecule has 71 heavy (non-hydrogen) atoms. The van der Waals surface area contributed by atoms with Crippen LogP contribution in [0.3, 0.4) is 0 Å². The van der Waals surface area contributed by atoms with Gasteiger partial charge in [-0.25, -0.2) is 14.4 Å². The van der Waals surface area contributed by atoms with E-state index in [-0.39, 0.29) is 54.1 Å². The van der Waals surface area contributed by atoms with E-state index in [2.05, 4.69) is 25.9 Å². The second-order valence-electron chi connectivity index (χ2n) is 18.3. The molecule has 0 bridgehead atoms. The van der Waals surface area contributed by atoms with Gasteiger partial charge >= 0.3 is 0 Å². The fourth-order valence-corrected chi connectivity index (χ4v) is 9.41. The third-order valence-corrected chi connectivity index (χ3v) is 13.7. The van der Waals surface area contributed by atoms with Crippen LogP contribution in [-0.2, 0) is 29.6 Å². The monoisotopic (exact) mass is 969 g/mol. The maximum Gasteiger partial charge on any atom is 0.261 e. The van der Waals surface area contributed by atoms with Crippen LogP contribution in [0.1, 0.15) is 122 Å². The fraction of sp³-hybridized carbons (Fsp3) is 0.389. The minimum atomic E-state index is -1.17. The summed E-state index contributed by atoms with van der Waals surface area (Å²) in [4.78, 5) is 74.7. The molecule has 2 unspecified atom stereocenters. The maximum absolute atomic E-state index is 15.6. The molecule has 4 amide bonds. The van der Waals surface area contributed by atoms with Crippen molar-refractivity contribution in [3.63, 3.8) is 0 Å². The van der Waals surface area contributed by atoms with Crippen LogP contribution in [0.2, 0.25) is 0 Å². The van der Waals surface area contributed by atoms with E-state index in [1.54, 1.807) is 48.9 Å². The number of amides is 4. The number of piperidine rings is 1. The number of benzene rings is 4. The molecule has 2 aliphatic rings. The van der Waals surface area contributed by atoms with E-state index in [9.17, 15) is 29.1 Å². The predicted molar refractivity (Wildman–Crippen MR) is 268 cm³/mol. The van der Waals surface area contributed by atoms with Crippen LogP contribution in [0.25, 0.3) is 21.8 Å². The molecule has 2 atom stereocenters. The van der Waals surface area contributed by atoms with Crippen LogP contribution in [0.5, 0.6) is 23.1 Å². The van der Waals surface area contributed by atoms with Gasteiger partial charge in [-0.05, 0) is 93.5 Å². The summed E-state index contributed by atoms with van der Waals surface area (Å²) in [6.07, 6.45) is 10.1. The van der Waals surface area contributed by atoms with Crippen LogP contribution in [0.4, 0.5) is 15.8 Å². The minimum Gasteiger partial charge on any atom is -0.493 e. The molecule has 4 aromatic carbocycles. The molecule has 0 spiro atoms. The summed E-state index contributed by atoms with van der Waals surface area (Å²) in [6, 6.07) is 17.7. The second-order valence-corrected chi connectivity index (χ2v) is 18.3. The second kappa shape index (κ2) is 21.7. The highest BCUT2D eigenvalue weighted by atomic mass is 19.1. The van der Waals surface area contributed by atoms with Crippen molar-refractivity contribution < 1.29 is 42.9 Å². The number of imide groups is 1. The van der Waals surface area contributed by atoms with E-state index in [0.29, 0.717) is 64.2 Å². The van der Waals surface area contributed by atoms with Gasteiger partial charge in [-0.1, -0.05) is 58.1 Å². The normalized spacial score (nSPS) is 15.4. The minimum absolute atomic E-state index is 0.0184. The van der Waals surface area contributed by atoms with Crippen molar-refractivity contribution in [2.24, 2.45) is 7.05 Å². The highest BCUT2D eigenvalue weighted by Crippen LogP contribution is 2.38. The number of aryl methyl sites for hydroxylation is 2. The fourth-order valence-electron chi connectivity index (χ4n) is 9.41. The third kappa shape index (κ3) is 10.8. The number of rotatable bonds is 21. The number of hydrogen-bond acceptors (Lipinski definition) is 12. The van der Waals surface area contributed by atoms with E-state index < -0.39 is 34.8 Å². The average molecular weight is 970 g/mol. The van der Waals surface area contributed by atoms with Gasteiger partial charge in [0.15, 0.2) is 23.1 Å². The third-order valence-electron chi connectivity index (χ3n) is 13.7. The first-order valence-electron chi connectivity index (χ1n) is 24.4. The van der Waals surface area contributed by atoms with Crippen LogP contribution < -0.4 is 35.6 Å². The average Bonchev–Trinajstić information content (AvgIpc) is 3.70. The Morgan fingerprint density at radius 2 is 1.69 bits per heavy atom. The summed E-state index contributed by atoms with van der Waals surface area (Å²) in [5, 5.41) is 20.8. The highest BCUT2D eigenvalue weighted by Gasteiger charge is 2.40. The molecule has 0 saturated carbocycles. The molecule has 0 radical (unpaired) electrons. The van der Waals surface area contributed by atoms with Gasteiger partial charge in [0, 0.05) is 65.7 Å². The van der Waals surface area contributed by atoms with Crippen molar-refractivity contribution >= 4 is 56.8 Å². The van der Waals surface area contributed by atoms with Crippen LogP contribution in [0, 0.1) is 12.7 Å². The van der Waals surface area contributed by atoms with Gasteiger partial charge < -0.3 is 39.4 Å². The maximum atomic E-state index is 15.6. The van der Waals surface area contributed by atoms with E-state index in [1.165, 1.54) is 30.5 Å². The molecule has 0 aliphatic carbocycles. The Balaban J connectivity index is 0.787. The largest absolute Gasteiger partial charge is 0.493 e. The van der Waals surface area contributed by atoms with Crippen molar-refractivity contribution in [2.75, 3.05) is 24.4 Å². The molecule has 4 N–H and O–H groups in total. The first-order chi connectivity index (χ1) is 34.2. The molecular weight excluding hydrogens is 910 g/mol. The van der Waals surface area contributed by atoms with E-state index in [4.69, 9.17) is 14.2 Å². The highest BCUT2D eigenvalue weighted by molar-refractivity contribution is 6.07. The zero-order valence-electron chi connectivity index (χ0n) is 40.8. The molecule has 1 saturated heterocycles. The summed E-state index contributed by atoms with van der Waals surface area (Å²) in [6.45, 7) is 6.29. The zero-order chi connectivity index (χ0) is 50.4. The summed E-state index contributed by atoms with van der Waals surface area (Å²) >= 11 is 0. The molecule has 1 fully saturated rings. The van der Waals surface area contributed by atoms with E-state index in [0.717, 1.165) is 74.1 Å². The van der Waals surface area contributed by atoms with Gasteiger partial charge in [0.1, 0.15) is 23.7 Å². The smallest absolute Gasteiger partial charge is 0.261 e. The number of nitrogens with one attached hydrogen (secondary N) is 3. The lowest BCUT2D eigenvalue weighted by Crippen LogP contribution is -2.52. The van der Waals surface area contributed by atoms with Crippen LogP contribution in [0.15, 0.2) is 77.9 Å². The molecular formula is C54H60FN7O9. The number of nitrogens with zero attached hydrogens (tertiary/aromatic N) is 4. The number of anilines is 2. The number of methoxy groups -OCH3 is 1. The van der Waals surface area contributed by atoms with Gasteiger partial charge in [0.2, 0.25) is 23.1 Å².